The Morgan fingerprint density at radius 1 is 1.22 bits per heavy atom. The molecule has 0 aliphatic carbocycles. The van der Waals surface area contributed by atoms with Gasteiger partial charge in [-0.15, -0.1) is 0 Å². The maximum Gasteiger partial charge on any atom is 0.107 e. The first-order valence-electron chi connectivity index (χ1n) is 8.95. The summed E-state index contributed by atoms with van der Waals surface area (Å²) in [5, 5.41) is 2.69. The van der Waals surface area contributed by atoms with Crippen molar-refractivity contribution in [2.24, 2.45) is 0 Å². The SMILES string of the molecule is C=C(c1ccccc1)C1CC(Cn2ccnc2)(c2ccc(Cl)cc2)N(C)O1. The number of hydroxylamine groups is 2. The molecule has 0 N–H and O–H groups in total. The zero-order valence-electron chi connectivity index (χ0n) is 15.3. The van der Waals surface area contributed by atoms with Gasteiger partial charge in [-0.2, -0.15) is 5.06 Å². The molecule has 0 radical (unpaired) electrons. The first-order chi connectivity index (χ1) is 13.1. The van der Waals surface area contributed by atoms with Crippen LogP contribution in [-0.4, -0.2) is 27.8 Å². The van der Waals surface area contributed by atoms with E-state index in [2.05, 4.69) is 40.4 Å². The summed E-state index contributed by atoms with van der Waals surface area (Å²) in [7, 11) is 1.99. The van der Waals surface area contributed by atoms with Crippen LogP contribution < -0.4 is 0 Å². The lowest BCUT2D eigenvalue weighted by molar-refractivity contribution is -0.163. The smallest absolute Gasteiger partial charge is 0.107 e. The molecule has 2 heterocycles. The fourth-order valence-corrected chi connectivity index (χ4v) is 3.91. The lowest BCUT2D eigenvalue weighted by atomic mass is 9.83. The minimum absolute atomic E-state index is 0.100. The van der Waals surface area contributed by atoms with Crippen molar-refractivity contribution < 1.29 is 4.84 Å². The van der Waals surface area contributed by atoms with Gasteiger partial charge in [0.05, 0.1) is 11.9 Å². The second kappa shape index (κ2) is 7.31. The van der Waals surface area contributed by atoms with Crippen molar-refractivity contribution in [3.05, 3.63) is 96.0 Å². The van der Waals surface area contributed by atoms with Crippen LogP contribution >= 0.6 is 11.6 Å². The highest BCUT2D eigenvalue weighted by Crippen LogP contribution is 2.44. The number of benzene rings is 2. The number of hydrogen-bond donors (Lipinski definition) is 0. The molecule has 0 bridgehead atoms. The van der Waals surface area contributed by atoms with E-state index in [1.165, 1.54) is 0 Å². The van der Waals surface area contributed by atoms with E-state index in [1.54, 1.807) is 6.20 Å². The van der Waals surface area contributed by atoms with E-state index in [4.69, 9.17) is 16.4 Å². The van der Waals surface area contributed by atoms with E-state index >= 15 is 0 Å². The Balaban J connectivity index is 1.70. The number of aromatic nitrogens is 2. The van der Waals surface area contributed by atoms with Gasteiger partial charge in [0, 0.05) is 37.4 Å². The molecule has 138 valence electrons. The van der Waals surface area contributed by atoms with Crippen LogP contribution in [0.3, 0.4) is 0 Å². The lowest BCUT2D eigenvalue weighted by Gasteiger charge is -2.34. The third-order valence-corrected chi connectivity index (χ3v) is 5.58. The van der Waals surface area contributed by atoms with Crippen LogP contribution in [-0.2, 0) is 16.9 Å². The van der Waals surface area contributed by atoms with Crippen molar-refractivity contribution in [3.63, 3.8) is 0 Å². The summed E-state index contributed by atoms with van der Waals surface area (Å²) in [4.78, 5) is 10.5. The van der Waals surface area contributed by atoms with E-state index in [-0.39, 0.29) is 11.6 Å². The second-order valence-electron chi connectivity index (χ2n) is 6.96. The third kappa shape index (κ3) is 3.44. The van der Waals surface area contributed by atoms with E-state index in [9.17, 15) is 0 Å². The molecule has 1 saturated heterocycles. The predicted octanol–water partition coefficient (Wildman–Crippen LogP) is 4.78. The zero-order valence-corrected chi connectivity index (χ0v) is 16.0. The maximum absolute atomic E-state index is 6.29. The summed E-state index contributed by atoms with van der Waals surface area (Å²) in [5.41, 5.74) is 2.91. The molecule has 1 fully saturated rings. The number of hydrogen-bond acceptors (Lipinski definition) is 3. The molecule has 0 spiro atoms. The van der Waals surface area contributed by atoms with Crippen molar-refractivity contribution in [2.75, 3.05) is 7.05 Å². The first kappa shape index (κ1) is 18.0. The Kier molecular flexibility index (Phi) is 4.87. The Labute approximate surface area is 164 Å². The third-order valence-electron chi connectivity index (χ3n) is 5.33. The van der Waals surface area contributed by atoms with Gasteiger partial charge < -0.3 is 4.57 Å². The van der Waals surface area contributed by atoms with Crippen molar-refractivity contribution in [2.45, 2.75) is 24.6 Å². The normalized spacial score (nSPS) is 22.8. The van der Waals surface area contributed by atoms with E-state index < -0.39 is 0 Å². The molecule has 1 aliphatic rings. The Hall–Kier alpha value is -2.40. The van der Waals surface area contributed by atoms with Gasteiger partial charge in [0.15, 0.2) is 0 Å². The fourth-order valence-electron chi connectivity index (χ4n) is 3.79. The van der Waals surface area contributed by atoms with Gasteiger partial charge in [-0.1, -0.05) is 60.6 Å². The van der Waals surface area contributed by atoms with Crippen LogP contribution in [0, 0.1) is 0 Å². The number of imidazole rings is 1. The average Bonchev–Trinajstić information content (AvgIpc) is 3.31. The van der Waals surface area contributed by atoms with Gasteiger partial charge in [-0.3, -0.25) is 4.84 Å². The van der Waals surface area contributed by atoms with E-state index in [0.29, 0.717) is 0 Å². The average molecular weight is 380 g/mol. The standard InChI is InChI=1S/C22H22ClN3O/c1-17(18-6-4-3-5-7-18)21-14-22(25(2)27-21,15-26-13-12-24-16-26)19-8-10-20(23)11-9-19/h3-13,16,21H,1,14-15H2,2H3. The van der Waals surface area contributed by atoms with Gasteiger partial charge in [0.25, 0.3) is 0 Å². The summed E-state index contributed by atoms with van der Waals surface area (Å²) >= 11 is 6.13. The minimum atomic E-state index is -0.340. The van der Waals surface area contributed by atoms with E-state index in [0.717, 1.165) is 34.7 Å². The van der Waals surface area contributed by atoms with Crippen LogP contribution in [0.1, 0.15) is 17.5 Å². The number of nitrogens with zero attached hydrogens (tertiary/aromatic N) is 3. The van der Waals surface area contributed by atoms with Crippen LogP contribution in [0.2, 0.25) is 5.02 Å². The summed E-state index contributed by atoms with van der Waals surface area (Å²) in [6.07, 6.45) is 6.30. The summed E-state index contributed by atoms with van der Waals surface area (Å²) in [6.45, 7) is 5.05. The molecule has 4 nitrogen and oxygen atoms in total. The molecule has 4 rings (SSSR count). The first-order valence-corrected chi connectivity index (χ1v) is 9.33. The topological polar surface area (TPSA) is 30.3 Å². The minimum Gasteiger partial charge on any atom is -0.335 e. The highest BCUT2D eigenvalue weighted by Gasteiger charge is 2.47. The summed E-state index contributed by atoms with van der Waals surface area (Å²) < 4.78 is 2.09. The molecule has 0 amide bonds. The van der Waals surface area contributed by atoms with Crippen LogP contribution in [0.15, 0.2) is 79.9 Å². The molecule has 2 atom stereocenters. The monoisotopic (exact) mass is 379 g/mol. The van der Waals surface area contributed by atoms with Gasteiger partial charge in [0.1, 0.15) is 6.10 Å². The maximum atomic E-state index is 6.29. The number of rotatable bonds is 5. The Morgan fingerprint density at radius 2 is 1.96 bits per heavy atom. The van der Waals surface area contributed by atoms with Gasteiger partial charge in [0.2, 0.25) is 0 Å². The van der Waals surface area contributed by atoms with E-state index in [1.807, 2.05) is 55.0 Å². The number of likely N-dealkylation sites (N-methyl/N-ethyl adjacent to an activating group) is 1. The van der Waals surface area contributed by atoms with Gasteiger partial charge >= 0.3 is 0 Å². The quantitative estimate of drug-likeness (QED) is 0.639. The Bertz CT molecular complexity index is 909. The molecule has 0 saturated carbocycles. The molecule has 2 unspecified atom stereocenters. The van der Waals surface area contributed by atoms with Gasteiger partial charge in [-0.05, 0) is 28.8 Å². The summed E-state index contributed by atoms with van der Waals surface area (Å²) in [5.74, 6) is 0. The molecule has 2 aromatic carbocycles. The molecular weight excluding hydrogens is 358 g/mol. The number of halogens is 1. The lowest BCUT2D eigenvalue weighted by Crippen LogP contribution is -2.41. The van der Waals surface area contributed by atoms with Crippen molar-refractivity contribution in [3.8, 4) is 0 Å². The summed E-state index contributed by atoms with van der Waals surface area (Å²) in [6, 6.07) is 18.2. The zero-order chi connectivity index (χ0) is 18.9. The van der Waals surface area contributed by atoms with Crippen LogP contribution in [0.25, 0.3) is 5.57 Å². The molecule has 3 aromatic rings. The van der Waals surface area contributed by atoms with Crippen LogP contribution in [0.4, 0.5) is 0 Å². The van der Waals surface area contributed by atoms with Crippen molar-refractivity contribution in [1.29, 1.82) is 0 Å². The second-order valence-corrected chi connectivity index (χ2v) is 7.40. The predicted molar refractivity (Wildman–Crippen MR) is 108 cm³/mol. The molecule has 1 aliphatic heterocycles. The molecule has 5 heteroatoms. The Morgan fingerprint density at radius 3 is 2.63 bits per heavy atom. The largest absolute Gasteiger partial charge is 0.335 e. The molecule has 27 heavy (non-hydrogen) atoms. The fraction of sp³-hybridized carbons (Fsp3) is 0.227. The van der Waals surface area contributed by atoms with Crippen LogP contribution in [0.5, 0.6) is 0 Å². The highest BCUT2D eigenvalue weighted by atomic mass is 35.5. The van der Waals surface area contributed by atoms with Crippen molar-refractivity contribution in [1.82, 2.24) is 14.6 Å². The van der Waals surface area contributed by atoms with Gasteiger partial charge in [-0.25, -0.2) is 4.98 Å². The molecule has 1 aromatic heterocycles. The highest BCUT2D eigenvalue weighted by molar-refractivity contribution is 6.30. The molecular formula is C22H22ClN3O. The van der Waals surface area contributed by atoms with Crippen molar-refractivity contribution >= 4 is 17.2 Å².